The van der Waals surface area contributed by atoms with Gasteiger partial charge < -0.3 is 33.8 Å². The number of carbonyl (C=O) groups excluding carboxylic acids is 4. The van der Waals surface area contributed by atoms with E-state index < -0.39 is 97.5 Å². The highest BCUT2D eigenvalue weighted by Crippen LogP contribution is 2.45. The molecule has 0 aromatic heterocycles. The third-order valence-corrected chi connectivity index (χ3v) is 18.8. The third-order valence-electron chi connectivity index (χ3n) is 16.9. The summed E-state index contributed by atoms with van der Waals surface area (Å²) in [4.78, 5) is 72.4. The van der Waals surface area contributed by atoms with E-state index in [1.807, 2.05) is 0 Å². The summed E-state index contributed by atoms with van der Waals surface area (Å²) in [5.41, 5.74) is 0. The SMILES string of the molecule is CCCCCCCCCCCCCCCCCCC(=O)O[C@H](COC(=O)CCCCCCCCCCCCC(C)CC)COP(=O)(O)OC[C@@H](O)COP(=O)(O)OC[C@@H](COC(=O)CCCCCCCCC)OC(=O)CCCCCCCCCCC(C)CC. The molecule has 0 amide bonds. The van der Waals surface area contributed by atoms with E-state index in [4.69, 9.17) is 37.0 Å². The minimum absolute atomic E-state index is 0.105. The lowest BCUT2D eigenvalue weighted by atomic mass is 9.99. The maximum atomic E-state index is 13.0. The molecule has 0 rings (SSSR count). The normalized spacial score (nSPS) is 14.8. The summed E-state index contributed by atoms with van der Waals surface area (Å²) < 4.78 is 68.2. The highest BCUT2D eigenvalue weighted by Gasteiger charge is 2.30. The molecule has 0 aliphatic heterocycles. The van der Waals surface area contributed by atoms with Crippen LogP contribution in [0.5, 0.6) is 0 Å². The Morgan fingerprint density at radius 2 is 0.539 bits per heavy atom. The lowest BCUT2D eigenvalue weighted by Crippen LogP contribution is -2.30. The fourth-order valence-corrected chi connectivity index (χ4v) is 12.1. The van der Waals surface area contributed by atoms with Gasteiger partial charge in [-0.25, -0.2) is 9.13 Å². The van der Waals surface area contributed by atoms with Crippen LogP contribution in [0.1, 0.15) is 356 Å². The van der Waals surface area contributed by atoms with Gasteiger partial charge in [-0.3, -0.25) is 37.3 Å². The molecule has 0 saturated carbocycles. The molecule has 7 atom stereocenters. The predicted molar refractivity (Wildman–Crippen MR) is 358 cm³/mol. The van der Waals surface area contributed by atoms with Crippen LogP contribution < -0.4 is 0 Å². The van der Waals surface area contributed by atoms with Crippen molar-refractivity contribution < 1.29 is 80.2 Å². The van der Waals surface area contributed by atoms with E-state index in [9.17, 15) is 43.2 Å². The van der Waals surface area contributed by atoms with Gasteiger partial charge in [0.1, 0.15) is 19.3 Å². The summed E-state index contributed by atoms with van der Waals surface area (Å²) in [5, 5.41) is 10.6. The van der Waals surface area contributed by atoms with Gasteiger partial charge in [-0.2, -0.15) is 0 Å². The number of phosphoric ester groups is 2. The molecule has 19 heteroatoms. The first kappa shape index (κ1) is 87.1. The smallest absolute Gasteiger partial charge is 0.462 e. The van der Waals surface area contributed by atoms with Crippen molar-refractivity contribution in [2.24, 2.45) is 11.8 Å². The molecule has 0 bridgehead atoms. The van der Waals surface area contributed by atoms with Gasteiger partial charge in [-0.05, 0) is 37.5 Å². The Morgan fingerprint density at radius 3 is 0.798 bits per heavy atom. The first-order chi connectivity index (χ1) is 42.9. The summed E-state index contributed by atoms with van der Waals surface area (Å²) >= 11 is 0. The Kier molecular flexibility index (Phi) is 60.8. The molecule has 0 aromatic carbocycles. The molecule has 0 heterocycles. The van der Waals surface area contributed by atoms with Crippen molar-refractivity contribution in [2.75, 3.05) is 39.6 Å². The largest absolute Gasteiger partial charge is 0.472 e. The van der Waals surface area contributed by atoms with E-state index in [1.165, 1.54) is 161 Å². The number of aliphatic hydroxyl groups excluding tert-OH is 1. The van der Waals surface area contributed by atoms with Gasteiger partial charge in [-0.15, -0.1) is 0 Å². The van der Waals surface area contributed by atoms with Crippen molar-refractivity contribution in [3.63, 3.8) is 0 Å². The van der Waals surface area contributed by atoms with Crippen LogP contribution in [-0.2, 0) is 65.4 Å². The number of esters is 4. The molecule has 89 heavy (non-hydrogen) atoms. The molecule has 0 spiro atoms. The molecule has 0 fully saturated rings. The second-order valence-corrected chi connectivity index (χ2v) is 28.7. The lowest BCUT2D eigenvalue weighted by Gasteiger charge is -2.21. The fourth-order valence-electron chi connectivity index (χ4n) is 10.5. The molecule has 0 aliphatic rings. The van der Waals surface area contributed by atoms with Crippen LogP contribution in [0.2, 0.25) is 0 Å². The van der Waals surface area contributed by atoms with Gasteiger partial charge >= 0.3 is 39.5 Å². The second-order valence-electron chi connectivity index (χ2n) is 25.8. The number of carbonyl (C=O) groups is 4. The van der Waals surface area contributed by atoms with E-state index in [2.05, 4.69) is 41.5 Å². The van der Waals surface area contributed by atoms with E-state index in [-0.39, 0.29) is 25.7 Å². The lowest BCUT2D eigenvalue weighted by molar-refractivity contribution is -0.161. The number of rotatable bonds is 69. The van der Waals surface area contributed by atoms with Crippen LogP contribution >= 0.6 is 15.6 Å². The molecule has 0 aromatic rings. The van der Waals surface area contributed by atoms with E-state index >= 15 is 0 Å². The van der Waals surface area contributed by atoms with E-state index in [0.717, 1.165) is 115 Å². The van der Waals surface area contributed by atoms with Crippen LogP contribution in [0.4, 0.5) is 0 Å². The van der Waals surface area contributed by atoms with Crippen molar-refractivity contribution in [1.82, 2.24) is 0 Å². The topological polar surface area (TPSA) is 237 Å². The molecule has 4 unspecified atom stereocenters. The molecule has 0 saturated heterocycles. The number of unbranched alkanes of at least 4 members (excludes halogenated alkanes) is 37. The van der Waals surface area contributed by atoms with Crippen LogP contribution in [0.15, 0.2) is 0 Å². The van der Waals surface area contributed by atoms with Crippen molar-refractivity contribution >= 4 is 39.5 Å². The molecular weight excluding hydrogens is 1170 g/mol. The van der Waals surface area contributed by atoms with Gasteiger partial charge in [-0.1, -0.05) is 305 Å². The van der Waals surface area contributed by atoms with Gasteiger partial charge in [0.15, 0.2) is 12.2 Å². The van der Waals surface area contributed by atoms with Gasteiger partial charge in [0.2, 0.25) is 0 Å². The Bertz CT molecular complexity index is 1740. The van der Waals surface area contributed by atoms with Gasteiger partial charge in [0, 0.05) is 25.7 Å². The standard InChI is InChI=1S/C70H136O17P2/c1-7-11-13-15-17-18-19-20-21-22-23-24-29-36-42-48-54-69(74)86-66(59-81-68(73)53-47-41-35-28-26-25-27-33-38-44-50-62(5)9-3)61-85-89(78,79)83-57-64(71)56-82-88(76,77)84-60-65(58-80-67(72)52-46-40-32-16-14-12-8-2)87-70(75)55-49-43-37-31-30-34-39-45-51-63(6)10-4/h62-66,71H,7-61H2,1-6H3,(H,76,77)(H,78,79)/t62?,63?,64-,65+,66+/m0/s1. The summed E-state index contributed by atoms with van der Waals surface area (Å²) in [6.07, 6.45) is 47.1. The zero-order chi connectivity index (χ0) is 65.7. The highest BCUT2D eigenvalue weighted by atomic mass is 31.2. The summed E-state index contributed by atoms with van der Waals surface area (Å²) in [5.74, 6) is -0.549. The first-order valence-electron chi connectivity index (χ1n) is 36.6. The second kappa shape index (κ2) is 62.2. The molecule has 0 aliphatic carbocycles. The zero-order valence-corrected chi connectivity index (χ0v) is 59.5. The monoisotopic (exact) mass is 1310 g/mol. The average molecular weight is 1310 g/mol. The highest BCUT2D eigenvalue weighted by molar-refractivity contribution is 7.47. The van der Waals surface area contributed by atoms with Crippen LogP contribution in [0, 0.1) is 11.8 Å². The first-order valence-corrected chi connectivity index (χ1v) is 39.6. The van der Waals surface area contributed by atoms with Gasteiger partial charge in [0.25, 0.3) is 0 Å². The quantitative estimate of drug-likeness (QED) is 0.0222. The average Bonchev–Trinajstić information content (AvgIpc) is 3.55. The van der Waals surface area contributed by atoms with Crippen molar-refractivity contribution in [1.29, 1.82) is 0 Å². The maximum Gasteiger partial charge on any atom is 0.472 e. The van der Waals surface area contributed by atoms with Crippen molar-refractivity contribution in [3.8, 4) is 0 Å². The molecule has 17 nitrogen and oxygen atoms in total. The summed E-state index contributed by atoms with van der Waals surface area (Å²) in [7, 11) is -9.90. The van der Waals surface area contributed by atoms with Crippen LogP contribution in [0.25, 0.3) is 0 Å². The Labute approximate surface area is 543 Å². The molecule has 528 valence electrons. The van der Waals surface area contributed by atoms with Crippen LogP contribution in [-0.4, -0.2) is 96.7 Å². The minimum atomic E-state index is -4.95. The van der Waals surface area contributed by atoms with Crippen LogP contribution in [0.3, 0.4) is 0 Å². The molecular formula is C70H136O17P2. The maximum absolute atomic E-state index is 13.0. The van der Waals surface area contributed by atoms with Gasteiger partial charge in [0.05, 0.1) is 26.4 Å². The summed E-state index contributed by atoms with van der Waals surface area (Å²) in [6, 6.07) is 0. The Morgan fingerprint density at radius 1 is 0.315 bits per heavy atom. The number of aliphatic hydroxyl groups is 1. The Hall–Kier alpha value is -1.94. The van der Waals surface area contributed by atoms with Crippen molar-refractivity contribution in [2.45, 2.75) is 374 Å². The number of hydrogen-bond acceptors (Lipinski definition) is 15. The predicted octanol–water partition coefficient (Wildman–Crippen LogP) is 20.0. The number of hydrogen-bond donors (Lipinski definition) is 3. The van der Waals surface area contributed by atoms with E-state index in [1.54, 1.807) is 0 Å². The molecule has 0 radical (unpaired) electrons. The van der Waals surface area contributed by atoms with Crippen molar-refractivity contribution in [3.05, 3.63) is 0 Å². The molecule has 3 N–H and O–H groups in total. The minimum Gasteiger partial charge on any atom is -0.462 e. The zero-order valence-electron chi connectivity index (χ0n) is 57.7. The summed E-state index contributed by atoms with van der Waals surface area (Å²) in [6.45, 7) is 9.54. The van der Waals surface area contributed by atoms with E-state index in [0.29, 0.717) is 25.7 Å². The number of ether oxygens (including phenoxy) is 4. The number of phosphoric acid groups is 2. The fraction of sp³-hybridized carbons (Fsp3) is 0.943. The third kappa shape index (κ3) is 62.0. The Balaban J connectivity index is 5.22.